The van der Waals surface area contributed by atoms with E-state index in [9.17, 15) is 4.39 Å². The van der Waals surface area contributed by atoms with E-state index >= 15 is 0 Å². The summed E-state index contributed by atoms with van der Waals surface area (Å²) in [6.07, 6.45) is 0. The molecular formula is CH2ClFS. The molecule has 0 saturated carbocycles. The molecule has 0 aliphatic heterocycles. The molecule has 0 rings (SSSR count). The van der Waals surface area contributed by atoms with Crippen molar-refractivity contribution in [3.8, 4) is 0 Å². The standard InChI is InChI=1S/CH2ClFS/c2-4-1-3/h1H2. The van der Waals surface area contributed by atoms with Gasteiger partial charge >= 0.3 is 0 Å². The lowest BCUT2D eigenvalue weighted by molar-refractivity contribution is 0.608. The van der Waals surface area contributed by atoms with Gasteiger partial charge in [0.15, 0.2) is 0 Å². The first-order valence-electron chi connectivity index (χ1n) is 0.710. The zero-order valence-electron chi connectivity index (χ0n) is 1.87. The molecule has 0 aromatic carbocycles. The lowest BCUT2D eigenvalue weighted by Gasteiger charge is -1.62. The average Bonchev–Trinajstić information content (AvgIpc) is 1.37. The summed E-state index contributed by atoms with van der Waals surface area (Å²) in [6, 6.07) is -0.498. The Morgan fingerprint density at radius 1 is 2.00 bits per heavy atom. The van der Waals surface area contributed by atoms with Crippen LogP contribution in [0, 0.1) is 0 Å². The van der Waals surface area contributed by atoms with Crippen LogP contribution in [0.4, 0.5) is 4.39 Å². The molecule has 0 saturated heterocycles. The maximum atomic E-state index is 10.6. The Labute approximate surface area is 32.8 Å². The molecule has 0 aliphatic carbocycles. The van der Waals surface area contributed by atoms with Crippen molar-refractivity contribution in [2.45, 2.75) is 0 Å². The van der Waals surface area contributed by atoms with Crippen LogP contribution >= 0.6 is 21.7 Å². The zero-order valence-corrected chi connectivity index (χ0v) is 3.44. The zero-order chi connectivity index (χ0) is 3.41. The molecule has 0 heterocycles. The molecule has 0 unspecified atom stereocenters. The smallest absolute Gasteiger partial charge is 0.149 e. The summed E-state index contributed by atoms with van der Waals surface area (Å²) >= 11 is 0. The Kier molecular flexibility index (Phi) is 4.08. The van der Waals surface area contributed by atoms with Gasteiger partial charge in [-0.05, 0) is 21.7 Å². The van der Waals surface area contributed by atoms with E-state index in [-0.39, 0.29) is 0 Å². The fourth-order valence-electron chi connectivity index (χ4n) is 0. The van der Waals surface area contributed by atoms with Crippen LogP contribution in [0.15, 0.2) is 0 Å². The van der Waals surface area contributed by atoms with Crippen LogP contribution in [0.25, 0.3) is 0 Å². The Hall–Kier alpha value is 0.570. The molecule has 0 aromatic heterocycles. The summed E-state index contributed by atoms with van der Waals surface area (Å²) < 4.78 is 10.6. The van der Waals surface area contributed by atoms with Crippen molar-refractivity contribution >= 4 is 21.7 Å². The Morgan fingerprint density at radius 2 is 2.25 bits per heavy atom. The topological polar surface area (TPSA) is 0 Å². The van der Waals surface area contributed by atoms with Crippen LogP contribution in [-0.2, 0) is 0 Å². The van der Waals surface area contributed by atoms with Crippen molar-refractivity contribution in [2.75, 3.05) is 6.01 Å². The summed E-state index contributed by atoms with van der Waals surface area (Å²) in [6.45, 7) is 0. The van der Waals surface area contributed by atoms with Gasteiger partial charge in [-0.3, -0.25) is 0 Å². The lowest BCUT2D eigenvalue weighted by atomic mass is 11.8. The minimum atomic E-state index is -0.498. The highest BCUT2D eigenvalue weighted by Gasteiger charge is 1.63. The molecule has 0 atom stereocenters. The third-order valence-electron chi connectivity index (χ3n) is 0.0412. The van der Waals surface area contributed by atoms with E-state index in [0.29, 0.717) is 11.0 Å². The molecule has 0 radical (unpaired) electrons. The van der Waals surface area contributed by atoms with Crippen LogP contribution in [-0.4, -0.2) is 6.01 Å². The van der Waals surface area contributed by atoms with E-state index in [0.717, 1.165) is 0 Å². The van der Waals surface area contributed by atoms with Gasteiger partial charge in [-0.1, -0.05) is 0 Å². The van der Waals surface area contributed by atoms with Crippen LogP contribution in [0.5, 0.6) is 0 Å². The van der Waals surface area contributed by atoms with E-state index < -0.39 is 6.01 Å². The molecular weight excluding hydrogens is 98.5 g/mol. The molecule has 0 nitrogen and oxygen atoms in total. The molecule has 26 valence electrons. The van der Waals surface area contributed by atoms with Crippen molar-refractivity contribution in [1.82, 2.24) is 0 Å². The van der Waals surface area contributed by atoms with Crippen LogP contribution in [0.1, 0.15) is 0 Å². The van der Waals surface area contributed by atoms with E-state index in [1.165, 1.54) is 0 Å². The summed E-state index contributed by atoms with van der Waals surface area (Å²) in [5.41, 5.74) is 0. The van der Waals surface area contributed by atoms with Gasteiger partial charge in [0.2, 0.25) is 0 Å². The summed E-state index contributed by atoms with van der Waals surface area (Å²) in [7, 11) is 5.39. The minimum Gasteiger partial charge on any atom is -0.238 e. The molecule has 0 N–H and O–H groups in total. The van der Waals surface area contributed by atoms with Gasteiger partial charge in [-0.15, -0.1) is 0 Å². The second kappa shape index (κ2) is 3.57. The minimum absolute atomic E-state index is 0.498. The first kappa shape index (κ1) is 4.57. The van der Waals surface area contributed by atoms with Crippen LogP contribution in [0.3, 0.4) is 0 Å². The fourth-order valence-corrected chi connectivity index (χ4v) is 0. The van der Waals surface area contributed by atoms with Gasteiger partial charge in [-0.25, -0.2) is 4.39 Å². The third kappa shape index (κ3) is 2.57. The highest BCUT2D eigenvalue weighted by Crippen LogP contribution is 2.02. The monoisotopic (exact) mass is 100.0 g/mol. The van der Waals surface area contributed by atoms with Crippen LogP contribution < -0.4 is 0 Å². The molecule has 0 spiro atoms. The van der Waals surface area contributed by atoms with E-state index in [4.69, 9.17) is 10.7 Å². The number of hydrogen-bond donors (Lipinski definition) is 0. The Bertz CT molecular complexity index is 10.0. The van der Waals surface area contributed by atoms with E-state index in [1.54, 1.807) is 0 Å². The lowest BCUT2D eigenvalue weighted by Crippen LogP contribution is -1.39. The molecule has 0 aromatic rings. The largest absolute Gasteiger partial charge is 0.238 e. The Balaban J connectivity index is 1.97. The summed E-state index contributed by atoms with van der Waals surface area (Å²) in [4.78, 5) is 0. The SMILES string of the molecule is FCSCl. The third-order valence-corrected chi connectivity index (χ3v) is 0.371. The Morgan fingerprint density at radius 3 is 2.25 bits per heavy atom. The number of hydrogen-bond acceptors (Lipinski definition) is 1. The highest BCUT2D eigenvalue weighted by atomic mass is 35.7. The molecule has 3 heteroatoms. The average molecular weight is 101 g/mol. The summed E-state index contributed by atoms with van der Waals surface area (Å²) in [5, 5.41) is 0. The summed E-state index contributed by atoms with van der Waals surface area (Å²) in [5.74, 6) is 0. The predicted octanol–water partition coefficient (Wildman–Crippen LogP) is 1.80. The molecule has 4 heavy (non-hydrogen) atoms. The first-order valence-corrected chi connectivity index (χ1v) is 2.52. The van der Waals surface area contributed by atoms with Crippen molar-refractivity contribution in [1.29, 1.82) is 0 Å². The molecule has 0 bridgehead atoms. The van der Waals surface area contributed by atoms with Gasteiger partial charge in [-0.2, -0.15) is 0 Å². The van der Waals surface area contributed by atoms with Gasteiger partial charge in [0, 0.05) is 0 Å². The van der Waals surface area contributed by atoms with Crippen molar-refractivity contribution < 1.29 is 4.39 Å². The van der Waals surface area contributed by atoms with Gasteiger partial charge < -0.3 is 0 Å². The normalized spacial score (nSPS) is 7.50. The van der Waals surface area contributed by atoms with Gasteiger partial charge in [0.05, 0.1) is 0 Å². The predicted molar refractivity (Wildman–Crippen MR) is 19.4 cm³/mol. The van der Waals surface area contributed by atoms with Crippen molar-refractivity contribution in [2.24, 2.45) is 0 Å². The molecule has 0 fully saturated rings. The number of rotatable bonds is 1. The van der Waals surface area contributed by atoms with Gasteiger partial charge in [0.25, 0.3) is 0 Å². The van der Waals surface area contributed by atoms with Crippen molar-refractivity contribution in [3.05, 3.63) is 0 Å². The quantitative estimate of drug-likeness (QED) is 0.484. The van der Waals surface area contributed by atoms with Crippen LogP contribution in [0.2, 0.25) is 0 Å². The highest BCUT2D eigenvalue weighted by molar-refractivity contribution is 8.20. The number of halogens is 2. The van der Waals surface area contributed by atoms with E-state index in [1.807, 2.05) is 0 Å². The van der Waals surface area contributed by atoms with Gasteiger partial charge in [0.1, 0.15) is 6.01 Å². The van der Waals surface area contributed by atoms with Crippen molar-refractivity contribution in [3.63, 3.8) is 0 Å². The molecule has 0 amide bonds. The fraction of sp³-hybridized carbons (Fsp3) is 1.00. The first-order chi connectivity index (χ1) is 1.91. The second-order valence-electron chi connectivity index (χ2n) is 0.218. The maximum absolute atomic E-state index is 10.6. The second-order valence-corrected chi connectivity index (χ2v) is 1.31. The van der Waals surface area contributed by atoms with E-state index in [2.05, 4.69) is 0 Å². The number of alkyl halides is 1. The maximum Gasteiger partial charge on any atom is 0.149 e. The molecule has 0 aliphatic rings.